The van der Waals surface area contributed by atoms with Crippen LogP contribution < -0.4 is 10.1 Å². The fraction of sp³-hybridized carbons (Fsp3) is 0.200. The van der Waals surface area contributed by atoms with Crippen LogP contribution in [0.2, 0.25) is 0 Å². The van der Waals surface area contributed by atoms with E-state index in [4.69, 9.17) is 13.7 Å². The van der Waals surface area contributed by atoms with E-state index < -0.39 is 0 Å². The Morgan fingerprint density at radius 3 is 2.47 bits per heavy atom. The zero-order valence-electron chi connectivity index (χ0n) is 17.9. The molecule has 2 heterocycles. The van der Waals surface area contributed by atoms with Crippen LogP contribution >= 0.6 is 15.9 Å². The molecule has 7 heteroatoms. The molecule has 0 saturated heterocycles. The Balaban J connectivity index is 1.26. The van der Waals surface area contributed by atoms with Crippen molar-refractivity contribution in [2.24, 2.45) is 0 Å². The number of halogens is 1. The molecule has 0 aliphatic heterocycles. The first-order valence-corrected chi connectivity index (χ1v) is 11.0. The maximum atomic E-state index is 12.3. The number of rotatable bonds is 8. The predicted molar refractivity (Wildman–Crippen MR) is 124 cm³/mol. The quantitative estimate of drug-likeness (QED) is 0.337. The van der Waals surface area contributed by atoms with Gasteiger partial charge in [-0.1, -0.05) is 45.4 Å². The molecule has 0 atom stereocenters. The Morgan fingerprint density at radius 2 is 1.78 bits per heavy atom. The molecule has 6 nitrogen and oxygen atoms in total. The molecular weight excluding hydrogens is 472 g/mol. The molecule has 1 N–H and O–H groups in total. The number of ether oxygens (including phenoxy) is 1. The van der Waals surface area contributed by atoms with Crippen molar-refractivity contribution in [1.29, 1.82) is 0 Å². The van der Waals surface area contributed by atoms with Crippen molar-refractivity contribution in [3.05, 3.63) is 93.5 Å². The summed E-state index contributed by atoms with van der Waals surface area (Å²) >= 11 is 3.43. The molecule has 0 radical (unpaired) electrons. The van der Waals surface area contributed by atoms with Crippen molar-refractivity contribution in [1.82, 2.24) is 10.5 Å². The van der Waals surface area contributed by atoms with Crippen LogP contribution in [0.15, 0.2) is 74.1 Å². The predicted octanol–water partition coefficient (Wildman–Crippen LogP) is 5.75. The molecule has 0 fully saturated rings. The Labute approximate surface area is 194 Å². The van der Waals surface area contributed by atoms with Crippen molar-refractivity contribution >= 4 is 21.8 Å². The number of aryl methyl sites for hydroxylation is 2. The summed E-state index contributed by atoms with van der Waals surface area (Å²) in [5.74, 6) is 2.89. The van der Waals surface area contributed by atoms with Crippen LogP contribution in [0.3, 0.4) is 0 Å². The van der Waals surface area contributed by atoms with Gasteiger partial charge in [-0.3, -0.25) is 4.79 Å². The van der Waals surface area contributed by atoms with Crippen LogP contribution in [0.4, 0.5) is 0 Å². The summed E-state index contributed by atoms with van der Waals surface area (Å²) in [5, 5.41) is 6.83. The van der Waals surface area contributed by atoms with Gasteiger partial charge in [0.25, 0.3) is 0 Å². The Kier molecular flexibility index (Phi) is 6.75. The lowest BCUT2D eigenvalue weighted by atomic mass is 10.1. The summed E-state index contributed by atoms with van der Waals surface area (Å²) in [6.45, 7) is 4.49. The summed E-state index contributed by atoms with van der Waals surface area (Å²) in [6.07, 6.45) is 0.282. The zero-order valence-corrected chi connectivity index (χ0v) is 19.4. The summed E-state index contributed by atoms with van der Waals surface area (Å²) in [5.41, 5.74) is 3.68. The molecular formula is C25H23BrN2O4. The van der Waals surface area contributed by atoms with Crippen molar-refractivity contribution in [2.45, 2.75) is 33.4 Å². The van der Waals surface area contributed by atoms with Crippen molar-refractivity contribution in [3.63, 3.8) is 0 Å². The number of amides is 1. The Bertz CT molecular complexity index is 1170. The minimum Gasteiger partial charge on any atom is -0.489 e. The first-order valence-electron chi connectivity index (χ1n) is 10.2. The van der Waals surface area contributed by atoms with Gasteiger partial charge in [0.2, 0.25) is 5.91 Å². The lowest BCUT2D eigenvalue weighted by Crippen LogP contribution is -2.24. The maximum Gasteiger partial charge on any atom is 0.224 e. The number of carbonyl (C=O) groups excluding carboxylic acids is 1. The van der Waals surface area contributed by atoms with Crippen LogP contribution in [0.25, 0.3) is 11.3 Å². The van der Waals surface area contributed by atoms with Gasteiger partial charge in [0.1, 0.15) is 29.6 Å². The highest BCUT2D eigenvalue weighted by Gasteiger charge is 2.10. The number of carbonyl (C=O) groups is 1. The number of nitrogens with one attached hydrogen (secondary N) is 1. The molecule has 32 heavy (non-hydrogen) atoms. The molecule has 4 aromatic rings. The maximum absolute atomic E-state index is 12.3. The highest BCUT2D eigenvalue weighted by molar-refractivity contribution is 9.10. The molecule has 0 saturated carbocycles. The van der Waals surface area contributed by atoms with Crippen molar-refractivity contribution in [3.8, 4) is 17.1 Å². The van der Waals surface area contributed by atoms with Crippen LogP contribution in [-0.4, -0.2) is 11.1 Å². The summed E-state index contributed by atoms with van der Waals surface area (Å²) in [6, 6.07) is 19.2. The van der Waals surface area contributed by atoms with E-state index >= 15 is 0 Å². The van der Waals surface area contributed by atoms with Gasteiger partial charge >= 0.3 is 0 Å². The fourth-order valence-electron chi connectivity index (χ4n) is 3.24. The van der Waals surface area contributed by atoms with Gasteiger partial charge in [0.05, 0.1) is 24.2 Å². The van der Waals surface area contributed by atoms with Gasteiger partial charge in [-0.15, -0.1) is 0 Å². The van der Waals surface area contributed by atoms with Gasteiger partial charge in [-0.25, -0.2) is 0 Å². The van der Waals surface area contributed by atoms with E-state index in [9.17, 15) is 4.79 Å². The summed E-state index contributed by atoms with van der Waals surface area (Å²) < 4.78 is 17.8. The van der Waals surface area contributed by atoms with E-state index in [0.29, 0.717) is 18.9 Å². The van der Waals surface area contributed by atoms with E-state index in [1.165, 1.54) is 0 Å². The minimum atomic E-state index is -0.0732. The van der Waals surface area contributed by atoms with Crippen molar-refractivity contribution < 1.29 is 18.5 Å². The highest BCUT2D eigenvalue weighted by atomic mass is 79.9. The van der Waals surface area contributed by atoms with Gasteiger partial charge in [-0.2, -0.15) is 0 Å². The smallest absolute Gasteiger partial charge is 0.224 e. The van der Waals surface area contributed by atoms with Crippen molar-refractivity contribution in [2.75, 3.05) is 0 Å². The molecule has 0 spiro atoms. The zero-order chi connectivity index (χ0) is 22.5. The molecule has 2 aromatic carbocycles. The molecule has 0 unspecified atom stereocenters. The van der Waals surface area contributed by atoms with Crippen LogP contribution in [0, 0.1) is 13.8 Å². The Morgan fingerprint density at radius 1 is 1.03 bits per heavy atom. The van der Waals surface area contributed by atoms with Gasteiger partial charge in [-0.05, 0) is 55.8 Å². The molecule has 164 valence electrons. The van der Waals surface area contributed by atoms with Crippen LogP contribution in [-0.2, 0) is 24.4 Å². The molecule has 2 aromatic heterocycles. The first kappa shape index (κ1) is 21.9. The van der Waals surface area contributed by atoms with Crippen LogP contribution in [0.1, 0.15) is 28.3 Å². The fourth-order valence-corrected chi connectivity index (χ4v) is 3.51. The second kappa shape index (κ2) is 9.87. The SMILES string of the molecule is Cc1noc(C)c1COc1ccc(CC(=O)NCc2ccc(-c3ccc(Br)cc3)o2)cc1. The van der Waals surface area contributed by atoms with E-state index in [-0.39, 0.29) is 12.3 Å². The minimum absolute atomic E-state index is 0.0732. The lowest BCUT2D eigenvalue weighted by Gasteiger charge is -2.07. The summed E-state index contributed by atoms with van der Waals surface area (Å²) in [4.78, 5) is 12.3. The van der Waals surface area contributed by atoms with E-state index in [0.717, 1.165) is 44.1 Å². The average molecular weight is 495 g/mol. The second-order valence-corrected chi connectivity index (χ2v) is 8.38. The van der Waals surface area contributed by atoms with Gasteiger partial charge in [0.15, 0.2) is 0 Å². The monoisotopic (exact) mass is 494 g/mol. The molecule has 0 aliphatic carbocycles. The number of benzene rings is 2. The summed E-state index contributed by atoms with van der Waals surface area (Å²) in [7, 11) is 0. The topological polar surface area (TPSA) is 77.5 Å². The average Bonchev–Trinajstić information content (AvgIpc) is 3.39. The second-order valence-electron chi connectivity index (χ2n) is 7.46. The molecule has 1 amide bonds. The normalized spacial score (nSPS) is 10.8. The van der Waals surface area contributed by atoms with Gasteiger partial charge < -0.3 is 19.0 Å². The third-order valence-corrected chi connectivity index (χ3v) is 5.63. The number of hydrogen-bond acceptors (Lipinski definition) is 5. The van der Waals surface area contributed by atoms with Gasteiger partial charge in [0, 0.05) is 10.0 Å². The first-order chi connectivity index (χ1) is 15.5. The number of nitrogens with zero attached hydrogens (tertiary/aromatic N) is 1. The van der Waals surface area contributed by atoms with E-state index in [2.05, 4.69) is 26.4 Å². The molecule has 4 rings (SSSR count). The van der Waals surface area contributed by atoms with Crippen LogP contribution in [0.5, 0.6) is 5.75 Å². The number of furan rings is 1. The molecule has 0 aliphatic rings. The largest absolute Gasteiger partial charge is 0.489 e. The van der Waals surface area contributed by atoms with E-state index in [1.807, 2.05) is 74.5 Å². The standard InChI is InChI=1S/C25H23BrN2O4/c1-16-23(17(2)32-28-16)15-30-21-9-3-18(4-10-21)13-25(29)27-14-22-11-12-24(31-22)19-5-7-20(26)8-6-19/h3-12H,13-15H2,1-2H3,(H,27,29). The van der Waals surface area contributed by atoms with E-state index in [1.54, 1.807) is 0 Å². The Hall–Kier alpha value is -3.32. The highest BCUT2D eigenvalue weighted by Crippen LogP contribution is 2.24. The third kappa shape index (κ3) is 5.48. The third-order valence-electron chi connectivity index (χ3n) is 5.10. The number of aromatic nitrogens is 1. The molecule has 0 bridgehead atoms. The number of hydrogen-bond donors (Lipinski definition) is 1. The lowest BCUT2D eigenvalue weighted by molar-refractivity contribution is -0.120.